The zero-order valence-corrected chi connectivity index (χ0v) is 10.2. The van der Waals surface area contributed by atoms with Gasteiger partial charge in [0.1, 0.15) is 5.75 Å². The van der Waals surface area contributed by atoms with Crippen molar-refractivity contribution in [1.29, 1.82) is 0 Å². The third kappa shape index (κ3) is 3.82. The first-order chi connectivity index (χ1) is 7.13. The lowest BCUT2D eigenvalue weighted by Crippen LogP contribution is -2.11. The third-order valence-corrected chi connectivity index (χ3v) is 2.39. The molecule has 0 aromatic heterocycles. The van der Waals surface area contributed by atoms with Gasteiger partial charge in [0.2, 0.25) is 0 Å². The van der Waals surface area contributed by atoms with Crippen molar-refractivity contribution >= 4 is 5.69 Å². The van der Waals surface area contributed by atoms with E-state index in [4.69, 9.17) is 4.74 Å². The molecule has 1 aromatic carbocycles. The Morgan fingerprint density at radius 2 is 1.80 bits per heavy atom. The lowest BCUT2D eigenvalue weighted by Gasteiger charge is -2.16. The predicted octanol–water partition coefficient (Wildman–Crippen LogP) is 3.32. The monoisotopic (exact) mass is 207 g/mol. The zero-order chi connectivity index (χ0) is 11.3. The molecule has 0 saturated heterocycles. The summed E-state index contributed by atoms with van der Waals surface area (Å²) in [6.45, 7) is 4.29. The van der Waals surface area contributed by atoms with E-state index in [1.54, 1.807) is 0 Å². The van der Waals surface area contributed by atoms with Crippen molar-refractivity contribution in [2.45, 2.75) is 32.8 Å². The van der Waals surface area contributed by atoms with Crippen LogP contribution in [0.2, 0.25) is 0 Å². The molecule has 1 aromatic rings. The maximum atomic E-state index is 5.77. The van der Waals surface area contributed by atoms with Crippen molar-refractivity contribution < 1.29 is 4.74 Å². The maximum Gasteiger partial charge on any atom is 0.119 e. The van der Waals surface area contributed by atoms with Crippen LogP contribution in [0.15, 0.2) is 24.3 Å². The molecular weight excluding hydrogens is 186 g/mol. The SMILES string of the molecule is CCCC(C)Oc1ccc(N(C)C)cc1. The third-order valence-electron chi connectivity index (χ3n) is 2.39. The molecule has 1 unspecified atom stereocenters. The molecule has 0 aliphatic rings. The van der Waals surface area contributed by atoms with Crippen LogP contribution in [0.1, 0.15) is 26.7 Å². The normalized spacial score (nSPS) is 12.3. The first-order valence-corrected chi connectivity index (χ1v) is 5.57. The Morgan fingerprint density at radius 3 is 2.27 bits per heavy atom. The zero-order valence-electron chi connectivity index (χ0n) is 10.2. The van der Waals surface area contributed by atoms with Crippen molar-refractivity contribution in [3.8, 4) is 5.75 Å². The van der Waals surface area contributed by atoms with Gasteiger partial charge in [-0.2, -0.15) is 0 Å². The number of anilines is 1. The molecule has 15 heavy (non-hydrogen) atoms. The van der Waals surface area contributed by atoms with Crippen LogP contribution in [-0.4, -0.2) is 20.2 Å². The Kier molecular flexibility index (Phi) is 4.47. The van der Waals surface area contributed by atoms with E-state index in [0.29, 0.717) is 6.10 Å². The van der Waals surface area contributed by atoms with E-state index in [9.17, 15) is 0 Å². The second kappa shape index (κ2) is 5.64. The quantitative estimate of drug-likeness (QED) is 0.734. The molecule has 2 nitrogen and oxygen atoms in total. The van der Waals surface area contributed by atoms with Crippen LogP contribution in [-0.2, 0) is 0 Å². The molecule has 0 aliphatic carbocycles. The number of hydrogen-bond donors (Lipinski definition) is 0. The van der Waals surface area contributed by atoms with E-state index < -0.39 is 0 Å². The van der Waals surface area contributed by atoms with Gasteiger partial charge in [0.05, 0.1) is 6.10 Å². The van der Waals surface area contributed by atoms with Gasteiger partial charge in [-0.25, -0.2) is 0 Å². The Labute approximate surface area is 92.9 Å². The molecule has 1 rings (SSSR count). The number of nitrogens with zero attached hydrogens (tertiary/aromatic N) is 1. The Bertz CT molecular complexity index is 279. The summed E-state index contributed by atoms with van der Waals surface area (Å²) in [5.41, 5.74) is 1.20. The van der Waals surface area contributed by atoms with Crippen LogP contribution < -0.4 is 9.64 Å². The molecular formula is C13H21NO. The Balaban J connectivity index is 2.56. The number of benzene rings is 1. The fraction of sp³-hybridized carbons (Fsp3) is 0.538. The average Bonchev–Trinajstić information content (AvgIpc) is 2.18. The lowest BCUT2D eigenvalue weighted by molar-refractivity contribution is 0.210. The molecule has 0 amide bonds. The average molecular weight is 207 g/mol. The lowest BCUT2D eigenvalue weighted by atomic mass is 10.2. The van der Waals surface area contributed by atoms with Crippen molar-refractivity contribution in [2.75, 3.05) is 19.0 Å². The topological polar surface area (TPSA) is 12.5 Å². The summed E-state index contributed by atoms with van der Waals surface area (Å²) in [7, 11) is 4.07. The largest absolute Gasteiger partial charge is 0.491 e. The summed E-state index contributed by atoms with van der Waals surface area (Å²) in [4.78, 5) is 2.08. The van der Waals surface area contributed by atoms with E-state index in [0.717, 1.165) is 18.6 Å². The molecule has 84 valence electrons. The first-order valence-electron chi connectivity index (χ1n) is 5.57. The molecule has 0 spiro atoms. The molecule has 0 bridgehead atoms. The number of rotatable bonds is 5. The van der Waals surface area contributed by atoms with Gasteiger partial charge in [-0.1, -0.05) is 13.3 Å². The van der Waals surface area contributed by atoms with E-state index >= 15 is 0 Å². The van der Waals surface area contributed by atoms with Gasteiger partial charge in [-0.3, -0.25) is 0 Å². The van der Waals surface area contributed by atoms with Gasteiger partial charge in [0.25, 0.3) is 0 Å². The summed E-state index contributed by atoms with van der Waals surface area (Å²) in [5, 5.41) is 0. The molecule has 2 heteroatoms. The highest BCUT2D eigenvalue weighted by molar-refractivity contribution is 5.47. The minimum atomic E-state index is 0.306. The van der Waals surface area contributed by atoms with Crippen LogP contribution in [0.4, 0.5) is 5.69 Å². The van der Waals surface area contributed by atoms with Crippen LogP contribution >= 0.6 is 0 Å². The van der Waals surface area contributed by atoms with Gasteiger partial charge in [-0.05, 0) is 37.6 Å². The van der Waals surface area contributed by atoms with Crippen LogP contribution in [0.3, 0.4) is 0 Å². The van der Waals surface area contributed by atoms with Crippen molar-refractivity contribution in [3.63, 3.8) is 0 Å². The fourth-order valence-electron chi connectivity index (χ4n) is 1.52. The molecule has 0 aliphatic heterocycles. The molecule has 0 fully saturated rings. The maximum absolute atomic E-state index is 5.77. The second-order valence-corrected chi connectivity index (χ2v) is 4.11. The molecule has 0 heterocycles. The number of hydrogen-bond acceptors (Lipinski definition) is 2. The number of ether oxygens (including phenoxy) is 1. The standard InChI is InChI=1S/C13H21NO/c1-5-6-11(2)15-13-9-7-12(8-10-13)14(3)4/h7-11H,5-6H2,1-4H3. The summed E-state index contributed by atoms with van der Waals surface area (Å²) in [5.74, 6) is 0.960. The van der Waals surface area contributed by atoms with Crippen molar-refractivity contribution in [1.82, 2.24) is 0 Å². The van der Waals surface area contributed by atoms with Crippen LogP contribution in [0.25, 0.3) is 0 Å². The van der Waals surface area contributed by atoms with Gasteiger partial charge < -0.3 is 9.64 Å². The summed E-state index contributed by atoms with van der Waals surface area (Å²) in [6, 6.07) is 8.21. The van der Waals surface area contributed by atoms with Gasteiger partial charge in [-0.15, -0.1) is 0 Å². The van der Waals surface area contributed by atoms with Crippen molar-refractivity contribution in [3.05, 3.63) is 24.3 Å². The first kappa shape index (κ1) is 11.9. The molecule has 0 saturated carbocycles. The fourth-order valence-corrected chi connectivity index (χ4v) is 1.52. The molecule has 1 atom stereocenters. The van der Waals surface area contributed by atoms with Gasteiger partial charge in [0.15, 0.2) is 0 Å². The summed E-state index contributed by atoms with van der Waals surface area (Å²) < 4.78 is 5.77. The minimum absolute atomic E-state index is 0.306. The van der Waals surface area contributed by atoms with Crippen LogP contribution in [0.5, 0.6) is 5.75 Å². The smallest absolute Gasteiger partial charge is 0.119 e. The predicted molar refractivity (Wildman–Crippen MR) is 65.8 cm³/mol. The van der Waals surface area contributed by atoms with E-state index in [1.165, 1.54) is 5.69 Å². The Hall–Kier alpha value is -1.18. The Morgan fingerprint density at radius 1 is 1.20 bits per heavy atom. The van der Waals surface area contributed by atoms with E-state index in [2.05, 4.69) is 30.9 Å². The molecule has 0 radical (unpaired) electrons. The van der Waals surface area contributed by atoms with E-state index in [-0.39, 0.29) is 0 Å². The van der Waals surface area contributed by atoms with Crippen molar-refractivity contribution in [2.24, 2.45) is 0 Å². The second-order valence-electron chi connectivity index (χ2n) is 4.11. The highest BCUT2D eigenvalue weighted by Crippen LogP contribution is 2.19. The summed E-state index contributed by atoms with van der Waals surface area (Å²) in [6.07, 6.45) is 2.58. The highest BCUT2D eigenvalue weighted by atomic mass is 16.5. The van der Waals surface area contributed by atoms with Gasteiger partial charge >= 0.3 is 0 Å². The van der Waals surface area contributed by atoms with E-state index in [1.807, 2.05) is 26.2 Å². The highest BCUT2D eigenvalue weighted by Gasteiger charge is 2.02. The molecule has 0 N–H and O–H groups in total. The van der Waals surface area contributed by atoms with Crippen LogP contribution in [0, 0.1) is 0 Å². The van der Waals surface area contributed by atoms with Gasteiger partial charge in [0, 0.05) is 19.8 Å². The minimum Gasteiger partial charge on any atom is -0.491 e. The summed E-state index contributed by atoms with van der Waals surface area (Å²) >= 11 is 0.